The molecule has 2 heterocycles. The van der Waals surface area contributed by atoms with Crippen LogP contribution in [0.2, 0.25) is 0 Å². The average molecular weight is 534 g/mol. The Balaban J connectivity index is 1.51. The van der Waals surface area contributed by atoms with Gasteiger partial charge in [0, 0.05) is 0 Å². The number of nitriles is 1. The Morgan fingerprint density at radius 3 is 2.61 bits per heavy atom. The van der Waals surface area contributed by atoms with E-state index in [0.717, 1.165) is 32.1 Å². The Kier molecular flexibility index (Phi) is 6.95. The van der Waals surface area contributed by atoms with Crippen molar-refractivity contribution in [3.8, 4) is 28.3 Å². The van der Waals surface area contributed by atoms with Crippen LogP contribution in [0.5, 0.6) is 0 Å². The number of nitrogens with zero attached hydrogens (tertiary/aromatic N) is 2. The molecule has 0 aliphatic heterocycles. The first-order valence-electron chi connectivity index (χ1n) is 11.5. The minimum absolute atomic E-state index is 0.0939. The number of rotatable bonds is 7. The van der Waals surface area contributed by atoms with Crippen LogP contribution in [0.3, 0.4) is 0 Å². The second-order valence-electron chi connectivity index (χ2n) is 8.23. The van der Waals surface area contributed by atoms with Crippen LogP contribution in [0, 0.1) is 11.3 Å². The van der Waals surface area contributed by atoms with Crippen LogP contribution >= 0.6 is 0 Å². The molecule has 1 amide bonds. The quantitative estimate of drug-likeness (QED) is 0.280. The summed E-state index contributed by atoms with van der Waals surface area (Å²) in [6.07, 6.45) is 5.46. The molecule has 0 spiro atoms. The molecule has 6 nitrogen and oxygen atoms in total. The predicted octanol–water partition coefficient (Wildman–Crippen LogP) is 2.88. The number of aliphatic hydroxyl groups is 1. The number of aliphatic hydroxyl groups excluding tert-OH is 1. The number of amides is 1. The van der Waals surface area contributed by atoms with Crippen LogP contribution < -0.4 is 14.0 Å². The molecule has 0 fully saturated rings. The van der Waals surface area contributed by atoms with Gasteiger partial charge in [-0.25, -0.2) is 0 Å². The summed E-state index contributed by atoms with van der Waals surface area (Å²) < 4.78 is 2.33. The van der Waals surface area contributed by atoms with Crippen molar-refractivity contribution in [3.63, 3.8) is 0 Å². The van der Waals surface area contributed by atoms with Gasteiger partial charge in [-0.3, -0.25) is 0 Å². The zero-order valence-corrected chi connectivity index (χ0v) is 21.4. The molecular formula is C29H23AsN4O2. The van der Waals surface area contributed by atoms with Gasteiger partial charge in [-0.15, -0.1) is 0 Å². The van der Waals surface area contributed by atoms with E-state index in [2.05, 4.69) is 51.7 Å². The van der Waals surface area contributed by atoms with Crippen LogP contribution in [-0.2, 0) is 0 Å². The summed E-state index contributed by atoms with van der Waals surface area (Å²) in [5.74, 6) is -0.213. The van der Waals surface area contributed by atoms with Crippen molar-refractivity contribution in [3.05, 3.63) is 103 Å². The molecule has 3 aromatic carbocycles. The number of aromatic nitrogens is 2. The fraction of sp³-hybridized carbons (Fsp3) is 0.0690. The van der Waals surface area contributed by atoms with E-state index >= 15 is 0 Å². The number of nitrogens with one attached hydrogen (secondary N) is 2. The molecule has 0 aliphatic rings. The second-order valence-corrected chi connectivity index (χ2v) is 10.9. The van der Waals surface area contributed by atoms with Gasteiger partial charge in [0.25, 0.3) is 0 Å². The summed E-state index contributed by atoms with van der Waals surface area (Å²) in [6, 6.07) is 26.3. The number of carbonyl (C=O) groups excluding carboxylic acids is 1. The van der Waals surface area contributed by atoms with Crippen molar-refractivity contribution >= 4 is 41.3 Å². The van der Waals surface area contributed by atoms with E-state index in [0.29, 0.717) is 11.1 Å². The van der Waals surface area contributed by atoms with E-state index < -0.39 is 15.8 Å². The van der Waals surface area contributed by atoms with Gasteiger partial charge in [-0.1, -0.05) is 0 Å². The third-order valence-electron chi connectivity index (χ3n) is 5.97. The Labute approximate surface area is 215 Å². The van der Waals surface area contributed by atoms with Crippen LogP contribution in [0.15, 0.2) is 91.4 Å². The molecule has 1 unspecified atom stereocenters. The number of hydrogen-bond donors (Lipinski definition) is 3. The molecule has 1 atom stereocenters. The Morgan fingerprint density at radius 1 is 1.00 bits per heavy atom. The van der Waals surface area contributed by atoms with Crippen molar-refractivity contribution in [2.24, 2.45) is 0 Å². The number of pyridine rings is 1. The third-order valence-corrected chi connectivity index (χ3v) is 9.11. The molecule has 0 bridgehead atoms. The van der Waals surface area contributed by atoms with Gasteiger partial charge in [0.05, 0.1) is 6.61 Å². The van der Waals surface area contributed by atoms with Crippen molar-refractivity contribution in [2.45, 2.75) is 0 Å². The fourth-order valence-corrected chi connectivity index (χ4v) is 7.12. The number of aromatic amines is 1. The minimum atomic E-state index is -0.822. The number of hydrogen-bond acceptors (Lipinski definition) is 4. The van der Waals surface area contributed by atoms with E-state index in [1.54, 1.807) is 18.3 Å². The molecule has 176 valence electrons. The molecule has 0 saturated carbocycles. The van der Waals surface area contributed by atoms with Crippen LogP contribution in [-0.4, -0.2) is 49.9 Å². The van der Waals surface area contributed by atoms with E-state index in [1.807, 2.05) is 42.7 Å². The molecule has 3 N–H and O–H groups in total. The second kappa shape index (κ2) is 10.6. The van der Waals surface area contributed by atoms with E-state index in [9.17, 15) is 10.1 Å². The molecule has 7 heteroatoms. The summed E-state index contributed by atoms with van der Waals surface area (Å²) in [5, 5.41) is 22.6. The van der Waals surface area contributed by atoms with Gasteiger partial charge in [0.15, 0.2) is 0 Å². The Morgan fingerprint density at radius 2 is 1.81 bits per heavy atom. The standard InChI is InChI=1S/C29H23AsN4O2/c31-16-23-17-32-18-25(28(23)30-26-5-2-6-27-24(26)11-12-33-27)22-4-1-3-21(15-22)19-7-9-20(10-8-19)29(36)34-13-14-35/h1-12,15,17-18,30,33,35H,13-14H2,(H,34,36). The average Bonchev–Trinajstić information content (AvgIpc) is 3.42. The zero-order chi connectivity index (χ0) is 24.9. The van der Waals surface area contributed by atoms with Crippen molar-refractivity contribution in [2.75, 3.05) is 13.2 Å². The normalized spacial score (nSPS) is 11.1. The van der Waals surface area contributed by atoms with Gasteiger partial charge in [0.1, 0.15) is 0 Å². The third kappa shape index (κ3) is 4.80. The summed E-state index contributed by atoms with van der Waals surface area (Å²) in [7, 11) is 0. The van der Waals surface area contributed by atoms with E-state index in [-0.39, 0.29) is 19.1 Å². The maximum absolute atomic E-state index is 12.1. The first-order chi connectivity index (χ1) is 17.7. The number of H-pyrrole nitrogens is 1. The summed E-state index contributed by atoms with van der Waals surface area (Å²) in [6.45, 7) is 0.131. The molecule has 2 aromatic heterocycles. The number of benzene rings is 3. The Bertz CT molecular complexity index is 1590. The van der Waals surface area contributed by atoms with Crippen LogP contribution in [0.4, 0.5) is 0 Å². The maximum atomic E-state index is 12.1. The molecular weight excluding hydrogens is 511 g/mol. The topological polar surface area (TPSA) is 102 Å². The molecule has 5 aromatic rings. The van der Waals surface area contributed by atoms with E-state index in [4.69, 9.17) is 5.11 Å². The molecule has 0 radical (unpaired) electrons. The Hall–Kier alpha value is -4.17. The number of fused-ring (bicyclic) bond motifs is 1. The summed E-state index contributed by atoms with van der Waals surface area (Å²) in [4.78, 5) is 19.8. The van der Waals surface area contributed by atoms with Crippen LogP contribution in [0.1, 0.15) is 15.9 Å². The summed E-state index contributed by atoms with van der Waals surface area (Å²) >= 11 is -0.822. The first kappa shape index (κ1) is 23.6. The van der Waals surface area contributed by atoms with Crippen molar-refractivity contribution in [1.82, 2.24) is 15.3 Å². The zero-order valence-electron chi connectivity index (χ0n) is 19.3. The van der Waals surface area contributed by atoms with Crippen LogP contribution in [0.25, 0.3) is 33.2 Å². The first-order valence-corrected chi connectivity index (χ1v) is 13.6. The molecule has 5 rings (SSSR count). The molecule has 0 saturated heterocycles. The fourth-order valence-electron chi connectivity index (χ4n) is 4.18. The van der Waals surface area contributed by atoms with E-state index in [1.165, 1.54) is 9.74 Å². The molecule has 36 heavy (non-hydrogen) atoms. The molecule has 0 aliphatic carbocycles. The van der Waals surface area contributed by atoms with Gasteiger partial charge in [-0.2, -0.15) is 0 Å². The van der Waals surface area contributed by atoms with Gasteiger partial charge >= 0.3 is 204 Å². The van der Waals surface area contributed by atoms with Gasteiger partial charge < -0.3 is 5.11 Å². The number of carbonyl (C=O) groups is 1. The van der Waals surface area contributed by atoms with Crippen molar-refractivity contribution < 1.29 is 9.90 Å². The summed E-state index contributed by atoms with van der Waals surface area (Å²) in [5.41, 5.74) is 6.22. The predicted molar refractivity (Wildman–Crippen MR) is 144 cm³/mol. The van der Waals surface area contributed by atoms with Gasteiger partial charge in [-0.05, 0) is 0 Å². The van der Waals surface area contributed by atoms with Crippen molar-refractivity contribution in [1.29, 1.82) is 5.26 Å². The SMILES string of the molecule is N#Cc1cncc(-c2cccc(-c3ccc(C(=O)NCCO)cc3)c2)c1[AsH]c1cccc2[nH]ccc12. The monoisotopic (exact) mass is 534 g/mol. The van der Waals surface area contributed by atoms with Gasteiger partial charge in [0.2, 0.25) is 0 Å².